The summed E-state index contributed by atoms with van der Waals surface area (Å²) in [7, 11) is 0. The summed E-state index contributed by atoms with van der Waals surface area (Å²) >= 11 is 0. The molecule has 0 spiro atoms. The lowest BCUT2D eigenvalue weighted by atomic mass is 9.47. The molecule has 0 saturated heterocycles. The first-order valence-corrected chi connectivity index (χ1v) is 8.52. The number of benzene rings is 1. The molecule has 1 unspecified atom stereocenters. The van der Waals surface area contributed by atoms with E-state index in [1.54, 1.807) is 30.3 Å². The average Bonchev–Trinajstić information content (AvgIpc) is 2.53. The molecule has 1 aromatic carbocycles. The standard InChI is InChI=1S/C17H20N2O5/c20-18(21)17(14-7-11-6-12(9-14)10-15(17)8-11)16(24-19(22)23)13-4-2-1-3-5-13/h1-5,11-12,14-16H,6-10H2. The molecule has 7 nitrogen and oxygen atoms in total. The van der Waals surface area contributed by atoms with Crippen molar-refractivity contribution in [3.8, 4) is 0 Å². The van der Waals surface area contributed by atoms with Crippen LogP contribution in [0.1, 0.15) is 43.8 Å². The highest BCUT2D eigenvalue weighted by molar-refractivity contribution is 5.24. The second-order valence-corrected chi connectivity index (χ2v) is 7.57. The Hall–Kier alpha value is -2.18. The van der Waals surface area contributed by atoms with Crippen molar-refractivity contribution in [2.75, 3.05) is 0 Å². The summed E-state index contributed by atoms with van der Waals surface area (Å²) in [4.78, 5) is 28.2. The van der Waals surface area contributed by atoms with Gasteiger partial charge in [-0.2, -0.15) is 0 Å². The monoisotopic (exact) mass is 332 g/mol. The summed E-state index contributed by atoms with van der Waals surface area (Å²) in [6.45, 7) is 0. The zero-order valence-electron chi connectivity index (χ0n) is 13.2. The van der Waals surface area contributed by atoms with Gasteiger partial charge in [0.2, 0.25) is 6.10 Å². The van der Waals surface area contributed by atoms with E-state index in [0.29, 0.717) is 17.4 Å². The fraction of sp³-hybridized carbons (Fsp3) is 0.647. The van der Waals surface area contributed by atoms with Gasteiger partial charge in [-0.1, -0.05) is 30.3 Å². The van der Waals surface area contributed by atoms with E-state index in [4.69, 9.17) is 4.84 Å². The number of nitrogens with zero attached hydrogens (tertiary/aromatic N) is 2. The quantitative estimate of drug-likeness (QED) is 0.608. The fourth-order valence-electron chi connectivity index (χ4n) is 5.89. The SMILES string of the molecule is O=[N+]([O-])OC(c1ccccc1)C1([N+](=O)[O-])C2CC3CC(C2)CC1C3. The van der Waals surface area contributed by atoms with E-state index >= 15 is 0 Å². The number of hydrogen-bond acceptors (Lipinski definition) is 5. The summed E-state index contributed by atoms with van der Waals surface area (Å²) in [5.41, 5.74) is -0.861. The van der Waals surface area contributed by atoms with Gasteiger partial charge in [0.1, 0.15) is 0 Å². The van der Waals surface area contributed by atoms with E-state index in [0.717, 1.165) is 32.1 Å². The van der Waals surface area contributed by atoms with Gasteiger partial charge in [-0.15, -0.1) is 10.1 Å². The topological polar surface area (TPSA) is 95.5 Å². The lowest BCUT2D eigenvalue weighted by Gasteiger charge is -2.57. The second kappa shape index (κ2) is 5.43. The van der Waals surface area contributed by atoms with Crippen LogP contribution < -0.4 is 0 Å². The normalized spacial score (nSPS) is 37.8. The zero-order chi connectivity index (χ0) is 16.9. The van der Waals surface area contributed by atoms with Crippen molar-refractivity contribution in [1.29, 1.82) is 0 Å². The molecule has 4 fully saturated rings. The van der Waals surface area contributed by atoms with Crippen molar-refractivity contribution in [3.63, 3.8) is 0 Å². The number of nitro groups is 1. The van der Waals surface area contributed by atoms with Crippen molar-refractivity contribution < 1.29 is 14.8 Å². The molecule has 1 aromatic rings. The van der Waals surface area contributed by atoms with E-state index < -0.39 is 16.7 Å². The fourth-order valence-corrected chi connectivity index (χ4v) is 5.89. The molecule has 4 bridgehead atoms. The summed E-state index contributed by atoms with van der Waals surface area (Å²) in [5, 5.41) is 22.6. The van der Waals surface area contributed by atoms with Crippen LogP contribution >= 0.6 is 0 Å². The Morgan fingerprint density at radius 3 is 1.96 bits per heavy atom. The summed E-state index contributed by atoms with van der Waals surface area (Å²) in [5.74, 6) is 0.781. The first-order chi connectivity index (χ1) is 11.5. The van der Waals surface area contributed by atoms with Crippen molar-refractivity contribution in [1.82, 2.24) is 0 Å². The molecular weight excluding hydrogens is 312 g/mol. The third-order valence-electron chi connectivity index (χ3n) is 6.48. The molecule has 5 rings (SSSR count). The molecule has 0 N–H and O–H groups in total. The van der Waals surface area contributed by atoms with Gasteiger partial charge >= 0.3 is 0 Å². The van der Waals surface area contributed by atoms with Crippen LogP contribution in [-0.2, 0) is 4.84 Å². The Bertz CT molecular complexity index is 634. The molecule has 7 heteroatoms. The minimum Gasteiger partial charge on any atom is -0.298 e. The Balaban J connectivity index is 1.83. The van der Waals surface area contributed by atoms with Crippen molar-refractivity contribution >= 4 is 0 Å². The summed E-state index contributed by atoms with van der Waals surface area (Å²) < 4.78 is 0. The van der Waals surface area contributed by atoms with Crippen LogP contribution in [0, 0.1) is 43.9 Å². The maximum atomic E-state index is 12.3. The highest BCUT2D eigenvalue weighted by Crippen LogP contribution is 2.63. The zero-order valence-corrected chi connectivity index (χ0v) is 13.2. The predicted molar refractivity (Wildman–Crippen MR) is 84.0 cm³/mol. The van der Waals surface area contributed by atoms with E-state index in [1.165, 1.54) is 0 Å². The van der Waals surface area contributed by atoms with E-state index in [1.807, 2.05) is 0 Å². The molecule has 4 aliphatic carbocycles. The van der Waals surface area contributed by atoms with Gasteiger partial charge in [-0.25, -0.2) is 0 Å². The van der Waals surface area contributed by atoms with E-state index in [9.17, 15) is 20.2 Å². The highest BCUT2D eigenvalue weighted by Gasteiger charge is 2.70. The van der Waals surface area contributed by atoms with Crippen molar-refractivity contribution in [3.05, 3.63) is 56.1 Å². The second-order valence-electron chi connectivity index (χ2n) is 7.57. The smallest absolute Gasteiger partial charge is 0.295 e. The summed E-state index contributed by atoms with van der Waals surface area (Å²) in [6, 6.07) is 8.68. The summed E-state index contributed by atoms with van der Waals surface area (Å²) in [6.07, 6.45) is 3.18. The van der Waals surface area contributed by atoms with E-state index in [2.05, 4.69) is 0 Å². The molecular formula is C17H20N2O5. The van der Waals surface area contributed by atoms with Gasteiger partial charge in [0.25, 0.3) is 10.6 Å². The molecule has 0 radical (unpaired) electrons. The van der Waals surface area contributed by atoms with Gasteiger partial charge in [0, 0.05) is 16.8 Å². The molecule has 0 amide bonds. The molecule has 0 aromatic heterocycles. The highest BCUT2D eigenvalue weighted by atomic mass is 17.0. The largest absolute Gasteiger partial charge is 0.298 e. The number of hydrogen-bond donors (Lipinski definition) is 0. The van der Waals surface area contributed by atoms with E-state index in [-0.39, 0.29) is 16.8 Å². The third kappa shape index (κ3) is 2.10. The lowest BCUT2D eigenvalue weighted by Crippen LogP contribution is -2.65. The van der Waals surface area contributed by atoms with Gasteiger partial charge in [0.15, 0.2) is 0 Å². The van der Waals surface area contributed by atoms with Crippen LogP contribution in [0.5, 0.6) is 0 Å². The lowest BCUT2D eigenvalue weighted by molar-refractivity contribution is -0.791. The van der Waals surface area contributed by atoms with Gasteiger partial charge in [-0.3, -0.25) is 15.0 Å². The molecule has 4 aliphatic rings. The third-order valence-corrected chi connectivity index (χ3v) is 6.48. The number of rotatable bonds is 5. The minimum atomic E-state index is -1.39. The van der Waals surface area contributed by atoms with Crippen LogP contribution in [0.25, 0.3) is 0 Å². The molecule has 128 valence electrons. The van der Waals surface area contributed by atoms with Crippen molar-refractivity contribution in [2.45, 2.75) is 43.7 Å². The van der Waals surface area contributed by atoms with Crippen LogP contribution in [-0.4, -0.2) is 15.5 Å². The van der Waals surface area contributed by atoms with Crippen LogP contribution in [0.4, 0.5) is 0 Å². The average molecular weight is 332 g/mol. The van der Waals surface area contributed by atoms with Crippen LogP contribution in [0.15, 0.2) is 30.3 Å². The van der Waals surface area contributed by atoms with Gasteiger partial charge < -0.3 is 0 Å². The Kier molecular flexibility index (Phi) is 3.47. The minimum absolute atomic E-state index is 0.145. The Morgan fingerprint density at radius 1 is 0.958 bits per heavy atom. The molecule has 0 aliphatic heterocycles. The predicted octanol–water partition coefficient (Wildman–Crippen LogP) is 3.41. The molecule has 24 heavy (non-hydrogen) atoms. The van der Waals surface area contributed by atoms with Gasteiger partial charge in [-0.05, 0) is 49.5 Å². The molecule has 0 heterocycles. The van der Waals surface area contributed by atoms with Crippen LogP contribution in [0.3, 0.4) is 0 Å². The first kappa shape index (κ1) is 15.4. The van der Waals surface area contributed by atoms with Crippen LogP contribution in [0.2, 0.25) is 0 Å². The Labute approximate surface area is 139 Å². The molecule has 4 saturated carbocycles. The maximum Gasteiger partial charge on any atom is 0.295 e. The first-order valence-electron chi connectivity index (χ1n) is 8.52. The maximum absolute atomic E-state index is 12.3. The van der Waals surface area contributed by atoms with Gasteiger partial charge in [0.05, 0.1) is 0 Å². The van der Waals surface area contributed by atoms with Crippen molar-refractivity contribution in [2.24, 2.45) is 23.7 Å². The Morgan fingerprint density at radius 2 is 1.50 bits per heavy atom. The molecule has 1 atom stereocenters.